The van der Waals surface area contributed by atoms with Gasteiger partial charge >= 0.3 is 0 Å². The molecule has 0 radical (unpaired) electrons. The summed E-state index contributed by atoms with van der Waals surface area (Å²) in [4.78, 5) is 13.1. The van der Waals surface area contributed by atoms with Crippen molar-refractivity contribution in [3.8, 4) is 40.1 Å². The van der Waals surface area contributed by atoms with E-state index in [0.29, 0.717) is 5.56 Å². The van der Waals surface area contributed by atoms with Gasteiger partial charge in [-0.05, 0) is 24.3 Å². The summed E-state index contributed by atoms with van der Waals surface area (Å²) < 4.78 is 32.5. The van der Waals surface area contributed by atoms with E-state index in [9.17, 15) is 30.3 Å². The maximum absolute atomic E-state index is 13.1. The number of phenolic OH excluding ortho intramolecular Hbond substituents is 1. The van der Waals surface area contributed by atoms with Crippen LogP contribution in [0, 0.1) is 0 Å². The highest BCUT2D eigenvalue weighted by molar-refractivity contribution is 5.91. The fourth-order valence-electron chi connectivity index (χ4n) is 3.98. The number of ether oxygens (including phenoxy) is 5. The molecule has 194 valence electrons. The predicted octanol–water partition coefficient (Wildman–Crippen LogP) is 0.370. The molecule has 0 bridgehead atoms. The monoisotopic (exact) mass is 506 g/mol. The van der Waals surface area contributed by atoms with Crippen LogP contribution in [0.3, 0.4) is 0 Å². The Morgan fingerprint density at radius 1 is 0.917 bits per heavy atom. The lowest BCUT2D eigenvalue weighted by Gasteiger charge is -2.39. The number of hydrogen-bond donors (Lipinski definition) is 5. The molecule has 12 nitrogen and oxygen atoms in total. The molecule has 0 spiro atoms. The Morgan fingerprint density at radius 2 is 1.58 bits per heavy atom. The average Bonchev–Trinajstić information content (AvgIpc) is 2.88. The molecule has 5 atom stereocenters. The summed E-state index contributed by atoms with van der Waals surface area (Å²) in [5.41, 5.74) is -0.178. The Kier molecular flexibility index (Phi) is 7.24. The van der Waals surface area contributed by atoms with E-state index < -0.39 is 48.5 Å². The number of rotatable bonds is 7. The Bertz CT molecular complexity index is 1280. The SMILES string of the molecule is COc1cc2oc(-c3ccc(O[C@@H]4O[C@H](CO)[C@@H](O)[C@H](O)[C@H]4O)cc3)c(OC)c(=O)c2c(O)c1OC. The molecule has 1 aliphatic heterocycles. The zero-order valence-corrected chi connectivity index (χ0v) is 19.6. The quantitative estimate of drug-likeness (QED) is 0.298. The number of aliphatic hydroxyl groups excluding tert-OH is 4. The minimum atomic E-state index is -1.58. The molecule has 0 saturated carbocycles. The van der Waals surface area contributed by atoms with Crippen molar-refractivity contribution < 1.29 is 53.6 Å². The predicted molar refractivity (Wildman–Crippen MR) is 124 cm³/mol. The number of hydrogen-bond acceptors (Lipinski definition) is 12. The second kappa shape index (κ2) is 10.2. The molecule has 12 heteroatoms. The largest absolute Gasteiger partial charge is 0.504 e. The van der Waals surface area contributed by atoms with Crippen LogP contribution in [0.25, 0.3) is 22.3 Å². The molecular weight excluding hydrogens is 480 g/mol. The molecule has 5 N–H and O–H groups in total. The van der Waals surface area contributed by atoms with Gasteiger partial charge in [0, 0.05) is 11.6 Å². The number of benzene rings is 2. The highest BCUT2D eigenvalue weighted by atomic mass is 16.7. The lowest BCUT2D eigenvalue weighted by Crippen LogP contribution is -2.60. The highest BCUT2D eigenvalue weighted by Gasteiger charge is 2.44. The molecule has 4 rings (SSSR count). The van der Waals surface area contributed by atoms with E-state index in [0.717, 1.165) is 0 Å². The zero-order valence-electron chi connectivity index (χ0n) is 19.6. The standard InChI is InChI=1S/C24H26O12/c1-31-13-8-12-15(17(27)22(13)32-2)18(28)23(33-3)21(35-12)10-4-6-11(7-5-10)34-24-20(30)19(29)16(26)14(9-25)36-24/h4-8,14,16,19-20,24-27,29-30H,9H2,1-3H3/t14-,16-,19+,20-,24-/m1/s1. The molecule has 2 aromatic carbocycles. The van der Waals surface area contributed by atoms with E-state index in [4.69, 9.17) is 28.1 Å². The van der Waals surface area contributed by atoms with Crippen LogP contribution in [0.4, 0.5) is 0 Å². The Hall–Kier alpha value is -3.55. The van der Waals surface area contributed by atoms with Gasteiger partial charge < -0.3 is 53.6 Å². The van der Waals surface area contributed by atoms with Crippen molar-refractivity contribution in [2.24, 2.45) is 0 Å². The Labute approximate surface area is 204 Å². The van der Waals surface area contributed by atoms with Gasteiger partial charge in [-0.3, -0.25) is 4.79 Å². The van der Waals surface area contributed by atoms with E-state index in [1.165, 1.54) is 39.5 Å². The number of aromatic hydroxyl groups is 1. The second-order valence-electron chi connectivity index (χ2n) is 7.97. The number of aliphatic hydroxyl groups is 4. The van der Waals surface area contributed by atoms with E-state index >= 15 is 0 Å². The molecule has 1 aliphatic rings. The molecule has 3 aromatic rings. The Morgan fingerprint density at radius 3 is 2.17 bits per heavy atom. The van der Waals surface area contributed by atoms with Crippen molar-refractivity contribution in [1.82, 2.24) is 0 Å². The molecule has 36 heavy (non-hydrogen) atoms. The number of fused-ring (bicyclic) bond motifs is 1. The van der Waals surface area contributed by atoms with Gasteiger partial charge in [-0.25, -0.2) is 0 Å². The summed E-state index contributed by atoms with van der Waals surface area (Å²) in [7, 11) is 3.99. The van der Waals surface area contributed by atoms with Crippen molar-refractivity contribution in [3.05, 3.63) is 40.6 Å². The number of phenols is 1. The number of methoxy groups -OCH3 is 3. The third kappa shape index (κ3) is 4.29. The third-order valence-corrected chi connectivity index (χ3v) is 5.88. The molecule has 0 amide bonds. The van der Waals surface area contributed by atoms with Gasteiger partial charge in [-0.2, -0.15) is 0 Å². The van der Waals surface area contributed by atoms with Crippen LogP contribution in [0.5, 0.6) is 28.7 Å². The molecule has 1 fully saturated rings. The normalized spacial score (nSPS) is 23.9. The van der Waals surface area contributed by atoms with E-state index in [1.807, 2.05) is 0 Å². The summed E-state index contributed by atoms with van der Waals surface area (Å²) in [5.74, 6) is -0.191. The average molecular weight is 506 g/mol. The van der Waals surface area contributed by atoms with Crippen LogP contribution < -0.4 is 24.4 Å². The minimum absolute atomic E-state index is 0.0261. The lowest BCUT2D eigenvalue weighted by molar-refractivity contribution is -0.277. The first-order valence-electron chi connectivity index (χ1n) is 10.8. The van der Waals surface area contributed by atoms with Crippen molar-refractivity contribution in [2.75, 3.05) is 27.9 Å². The first kappa shape index (κ1) is 25.5. The van der Waals surface area contributed by atoms with Gasteiger partial charge in [0.25, 0.3) is 0 Å². The van der Waals surface area contributed by atoms with Crippen LogP contribution in [-0.2, 0) is 4.74 Å². The van der Waals surface area contributed by atoms with Gasteiger partial charge in [0.2, 0.25) is 23.2 Å². The van der Waals surface area contributed by atoms with Crippen LogP contribution in [-0.4, -0.2) is 84.2 Å². The van der Waals surface area contributed by atoms with Crippen LogP contribution in [0.15, 0.2) is 39.5 Å². The highest BCUT2D eigenvalue weighted by Crippen LogP contribution is 2.43. The first-order valence-corrected chi connectivity index (χ1v) is 10.8. The van der Waals surface area contributed by atoms with Crippen molar-refractivity contribution >= 4 is 11.0 Å². The summed E-state index contributed by atoms with van der Waals surface area (Å²) in [5, 5.41) is 49.8. The van der Waals surface area contributed by atoms with E-state index in [-0.39, 0.29) is 39.7 Å². The maximum atomic E-state index is 13.1. The topological polar surface area (TPSA) is 178 Å². The van der Waals surface area contributed by atoms with E-state index in [1.54, 1.807) is 12.1 Å². The summed E-state index contributed by atoms with van der Waals surface area (Å²) in [6.07, 6.45) is -7.13. The van der Waals surface area contributed by atoms with Crippen molar-refractivity contribution in [2.45, 2.75) is 30.7 Å². The fraction of sp³-hybridized carbons (Fsp3) is 0.375. The lowest BCUT2D eigenvalue weighted by atomic mass is 9.99. The summed E-state index contributed by atoms with van der Waals surface area (Å²) in [6.45, 7) is -0.587. The second-order valence-corrected chi connectivity index (χ2v) is 7.97. The molecule has 2 heterocycles. The summed E-state index contributed by atoms with van der Waals surface area (Å²) in [6, 6.07) is 7.49. The maximum Gasteiger partial charge on any atom is 0.239 e. The fourth-order valence-corrected chi connectivity index (χ4v) is 3.98. The first-order chi connectivity index (χ1) is 17.2. The van der Waals surface area contributed by atoms with Gasteiger partial charge in [0.15, 0.2) is 17.3 Å². The van der Waals surface area contributed by atoms with E-state index in [2.05, 4.69) is 0 Å². The van der Waals surface area contributed by atoms with Crippen molar-refractivity contribution in [1.29, 1.82) is 0 Å². The van der Waals surface area contributed by atoms with Crippen LogP contribution in [0.1, 0.15) is 0 Å². The smallest absolute Gasteiger partial charge is 0.239 e. The van der Waals surface area contributed by atoms with Crippen LogP contribution >= 0.6 is 0 Å². The van der Waals surface area contributed by atoms with Crippen molar-refractivity contribution in [3.63, 3.8) is 0 Å². The van der Waals surface area contributed by atoms with Gasteiger partial charge in [-0.15, -0.1) is 0 Å². The molecular formula is C24H26O12. The third-order valence-electron chi connectivity index (χ3n) is 5.88. The minimum Gasteiger partial charge on any atom is -0.504 e. The van der Waals surface area contributed by atoms with Gasteiger partial charge in [-0.1, -0.05) is 0 Å². The van der Waals surface area contributed by atoms with Gasteiger partial charge in [0.05, 0.1) is 27.9 Å². The molecule has 1 saturated heterocycles. The summed E-state index contributed by atoms with van der Waals surface area (Å²) >= 11 is 0. The molecule has 0 aliphatic carbocycles. The van der Waals surface area contributed by atoms with Gasteiger partial charge in [0.1, 0.15) is 41.1 Å². The zero-order chi connectivity index (χ0) is 26.1. The van der Waals surface area contributed by atoms with Crippen LogP contribution in [0.2, 0.25) is 0 Å². The molecule has 1 aromatic heterocycles. The Balaban J connectivity index is 1.70. The molecule has 0 unspecified atom stereocenters.